The van der Waals surface area contributed by atoms with E-state index >= 15 is 0 Å². The van der Waals surface area contributed by atoms with E-state index in [0.717, 1.165) is 38.8 Å². The lowest BCUT2D eigenvalue weighted by Gasteiger charge is -2.26. The quantitative estimate of drug-likeness (QED) is 0.735. The van der Waals surface area contributed by atoms with Crippen molar-refractivity contribution < 1.29 is 17.9 Å². The molecule has 1 aliphatic carbocycles. The van der Waals surface area contributed by atoms with Crippen molar-refractivity contribution in [3.05, 3.63) is 29.8 Å². The number of carbonyl (C=O) groups excluding carboxylic acids is 1. The first-order valence-corrected chi connectivity index (χ1v) is 10.7. The van der Waals surface area contributed by atoms with E-state index in [0.29, 0.717) is 31.9 Å². The Morgan fingerprint density at radius 1 is 1.12 bits per heavy atom. The second kappa shape index (κ2) is 8.94. The fraction of sp³-hybridized carbons (Fsp3) is 0.611. The van der Waals surface area contributed by atoms with Gasteiger partial charge in [-0.15, -0.1) is 0 Å². The van der Waals surface area contributed by atoms with E-state index in [1.165, 1.54) is 12.1 Å². The largest absolute Gasteiger partial charge is 0.379 e. The Morgan fingerprint density at radius 2 is 1.77 bits per heavy atom. The molecular weight excluding hydrogens is 354 g/mol. The molecule has 0 unspecified atom stereocenters. The molecule has 7 nitrogen and oxygen atoms in total. The third-order valence-electron chi connectivity index (χ3n) is 4.94. The molecule has 2 fully saturated rings. The molecule has 1 heterocycles. The van der Waals surface area contributed by atoms with Crippen molar-refractivity contribution >= 4 is 15.9 Å². The second-order valence-corrected chi connectivity index (χ2v) is 8.60. The van der Waals surface area contributed by atoms with Crippen LogP contribution in [0.5, 0.6) is 0 Å². The van der Waals surface area contributed by atoms with Gasteiger partial charge in [0.25, 0.3) is 5.91 Å². The minimum Gasteiger partial charge on any atom is -0.379 e. The van der Waals surface area contributed by atoms with Gasteiger partial charge in [0.1, 0.15) is 0 Å². The van der Waals surface area contributed by atoms with Gasteiger partial charge in [-0.1, -0.05) is 12.8 Å². The van der Waals surface area contributed by atoms with Crippen molar-refractivity contribution in [3.63, 3.8) is 0 Å². The highest BCUT2D eigenvalue weighted by atomic mass is 32.2. The van der Waals surface area contributed by atoms with Crippen molar-refractivity contribution in [2.24, 2.45) is 0 Å². The molecule has 2 N–H and O–H groups in total. The highest BCUT2D eigenvalue weighted by Gasteiger charge is 2.19. The SMILES string of the molecule is O=C(NC1CCCC1)c1ccc(S(=O)(=O)NCCN2CCOCC2)cc1. The average molecular weight is 381 g/mol. The molecule has 0 bridgehead atoms. The van der Waals surface area contributed by atoms with Crippen LogP contribution < -0.4 is 10.0 Å². The minimum absolute atomic E-state index is 0.138. The van der Waals surface area contributed by atoms with Crippen LogP contribution in [-0.2, 0) is 14.8 Å². The Balaban J connectivity index is 1.51. The van der Waals surface area contributed by atoms with Gasteiger partial charge in [-0.3, -0.25) is 9.69 Å². The Hall–Kier alpha value is -1.48. The summed E-state index contributed by atoms with van der Waals surface area (Å²) in [5, 5.41) is 3.00. The summed E-state index contributed by atoms with van der Waals surface area (Å²) < 4.78 is 32.7. The van der Waals surface area contributed by atoms with E-state index in [1.807, 2.05) is 0 Å². The van der Waals surface area contributed by atoms with Crippen LogP contribution in [0.4, 0.5) is 0 Å². The summed E-state index contributed by atoms with van der Waals surface area (Å²) in [5.74, 6) is -0.138. The Kier molecular flexibility index (Phi) is 6.63. The van der Waals surface area contributed by atoms with E-state index < -0.39 is 10.0 Å². The minimum atomic E-state index is -3.57. The average Bonchev–Trinajstić information content (AvgIpc) is 3.15. The standard InChI is InChI=1S/C18H27N3O4S/c22-18(20-16-3-1-2-4-16)15-5-7-17(8-6-15)26(23,24)19-9-10-21-11-13-25-14-12-21/h5-8,16,19H,1-4,9-14H2,(H,20,22). The lowest BCUT2D eigenvalue weighted by Crippen LogP contribution is -2.41. The van der Waals surface area contributed by atoms with Gasteiger partial charge in [0.05, 0.1) is 18.1 Å². The molecule has 0 radical (unpaired) electrons. The zero-order valence-electron chi connectivity index (χ0n) is 14.9. The number of rotatable bonds is 7. The Morgan fingerprint density at radius 3 is 2.42 bits per heavy atom. The highest BCUT2D eigenvalue weighted by Crippen LogP contribution is 2.18. The first-order chi connectivity index (χ1) is 12.5. The van der Waals surface area contributed by atoms with E-state index in [-0.39, 0.29) is 16.8 Å². The van der Waals surface area contributed by atoms with Crippen molar-refractivity contribution in [2.45, 2.75) is 36.6 Å². The monoisotopic (exact) mass is 381 g/mol. The maximum Gasteiger partial charge on any atom is 0.251 e. The molecule has 1 saturated heterocycles. The molecule has 1 aliphatic heterocycles. The van der Waals surface area contributed by atoms with E-state index in [4.69, 9.17) is 4.74 Å². The fourth-order valence-electron chi connectivity index (χ4n) is 3.37. The van der Waals surface area contributed by atoms with E-state index in [1.54, 1.807) is 12.1 Å². The van der Waals surface area contributed by atoms with Gasteiger partial charge in [-0.25, -0.2) is 13.1 Å². The molecule has 0 aromatic heterocycles. The molecular formula is C18H27N3O4S. The Labute approximate surface area is 155 Å². The maximum absolute atomic E-state index is 12.4. The lowest BCUT2D eigenvalue weighted by atomic mass is 10.2. The van der Waals surface area contributed by atoms with Crippen molar-refractivity contribution in [1.82, 2.24) is 14.9 Å². The number of carbonyl (C=O) groups is 1. The zero-order chi connectivity index (χ0) is 18.4. The lowest BCUT2D eigenvalue weighted by molar-refractivity contribution is 0.0390. The number of sulfonamides is 1. The molecule has 8 heteroatoms. The number of hydrogen-bond donors (Lipinski definition) is 2. The third-order valence-corrected chi connectivity index (χ3v) is 6.42. The number of nitrogens with one attached hydrogen (secondary N) is 2. The molecule has 0 atom stereocenters. The summed E-state index contributed by atoms with van der Waals surface area (Å²) >= 11 is 0. The van der Waals surface area contributed by atoms with E-state index in [2.05, 4.69) is 14.9 Å². The molecule has 1 aromatic rings. The first kappa shape index (κ1) is 19.3. The number of ether oxygens (including phenoxy) is 1. The van der Waals surface area contributed by atoms with Gasteiger partial charge < -0.3 is 10.1 Å². The molecule has 26 heavy (non-hydrogen) atoms. The van der Waals surface area contributed by atoms with Crippen molar-refractivity contribution in [3.8, 4) is 0 Å². The van der Waals surface area contributed by atoms with Crippen LogP contribution >= 0.6 is 0 Å². The number of benzene rings is 1. The topological polar surface area (TPSA) is 87.7 Å². The van der Waals surface area contributed by atoms with Gasteiger partial charge in [0.15, 0.2) is 0 Å². The zero-order valence-corrected chi connectivity index (χ0v) is 15.8. The molecule has 1 amide bonds. The van der Waals surface area contributed by atoms with Gasteiger partial charge in [0.2, 0.25) is 10.0 Å². The predicted octanol–water partition coefficient (Wildman–Crippen LogP) is 0.970. The van der Waals surface area contributed by atoms with Crippen LogP contribution in [-0.4, -0.2) is 64.7 Å². The summed E-state index contributed by atoms with van der Waals surface area (Å²) in [6, 6.07) is 6.36. The van der Waals surface area contributed by atoms with Crippen molar-refractivity contribution in [2.75, 3.05) is 39.4 Å². The fourth-order valence-corrected chi connectivity index (χ4v) is 4.39. The summed E-state index contributed by atoms with van der Waals surface area (Å²) in [6.45, 7) is 4.05. The number of hydrogen-bond acceptors (Lipinski definition) is 5. The van der Waals surface area contributed by atoms with Gasteiger partial charge in [-0.2, -0.15) is 0 Å². The first-order valence-electron chi connectivity index (χ1n) is 9.25. The van der Waals surface area contributed by atoms with Crippen molar-refractivity contribution in [1.29, 1.82) is 0 Å². The predicted molar refractivity (Wildman–Crippen MR) is 98.6 cm³/mol. The summed E-state index contributed by atoms with van der Waals surface area (Å²) in [6.07, 6.45) is 4.34. The van der Waals surface area contributed by atoms with Gasteiger partial charge in [-0.05, 0) is 37.1 Å². The number of amides is 1. The number of morpholine rings is 1. The third kappa shape index (κ3) is 5.26. The van der Waals surface area contributed by atoms with E-state index in [9.17, 15) is 13.2 Å². The van der Waals surface area contributed by atoms with Crippen LogP contribution in [0.3, 0.4) is 0 Å². The van der Waals surface area contributed by atoms with Crippen LogP contribution in [0.15, 0.2) is 29.2 Å². The second-order valence-electron chi connectivity index (χ2n) is 6.83. The molecule has 1 aromatic carbocycles. The van der Waals surface area contributed by atoms with Crippen LogP contribution in [0.2, 0.25) is 0 Å². The molecule has 0 spiro atoms. The Bertz CT molecular complexity index is 694. The highest BCUT2D eigenvalue weighted by molar-refractivity contribution is 7.89. The van der Waals surface area contributed by atoms with Crippen LogP contribution in [0, 0.1) is 0 Å². The molecule has 144 valence electrons. The normalized spacial score (nSPS) is 19.5. The maximum atomic E-state index is 12.4. The smallest absolute Gasteiger partial charge is 0.251 e. The van der Waals surface area contributed by atoms with Gasteiger partial charge >= 0.3 is 0 Å². The molecule has 1 saturated carbocycles. The van der Waals surface area contributed by atoms with Crippen LogP contribution in [0.1, 0.15) is 36.0 Å². The van der Waals surface area contributed by atoms with Crippen LogP contribution in [0.25, 0.3) is 0 Å². The molecule has 2 aliphatic rings. The summed E-state index contributed by atoms with van der Waals surface area (Å²) in [5.41, 5.74) is 0.490. The molecule has 3 rings (SSSR count). The van der Waals surface area contributed by atoms with Gasteiger partial charge in [0, 0.05) is 37.8 Å². The summed E-state index contributed by atoms with van der Waals surface area (Å²) in [7, 11) is -3.57. The summed E-state index contributed by atoms with van der Waals surface area (Å²) in [4.78, 5) is 14.6. The number of nitrogens with zero attached hydrogens (tertiary/aromatic N) is 1.